The second-order valence-electron chi connectivity index (χ2n) is 4.61. The Hall–Kier alpha value is -0.940. The topological polar surface area (TPSA) is 70.2 Å². The second-order valence-corrected chi connectivity index (χ2v) is 4.61. The van der Waals surface area contributed by atoms with Crippen LogP contribution in [0.25, 0.3) is 0 Å². The average Bonchev–Trinajstić information content (AvgIpc) is 2.29. The van der Waals surface area contributed by atoms with E-state index in [0.29, 0.717) is 18.8 Å². The molecule has 2 rings (SSSR count). The van der Waals surface area contributed by atoms with Gasteiger partial charge in [0.25, 0.3) is 0 Å². The van der Waals surface area contributed by atoms with Crippen LogP contribution < -0.4 is 16.0 Å². The van der Waals surface area contributed by atoms with Crippen molar-refractivity contribution in [2.45, 2.75) is 31.7 Å². The number of carbonyl (C=O) groups excluding carboxylic acids is 2. The molecule has 2 fully saturated rings. The van der Waals surface area contributed by atoms with E-state index in [4.69, 9.17) is 0 Å². The third kappa shape index (κ3) is 3.02. The minimum absolute atomic E-state index is 0.148. The first-order valence-electron chi connectivity index (χ1n) is 6.03. The molecular formula is C11H19N3O2. The molecule has 0 aromatic carbocycles. The lowest BCUT2D eigenvalue weighted by Crippen LogP contribution is -2.52. The second kappa shape index (κ2) is 5.41. The van der Waals surface area contributed by atoms with E-state index in [1.807, 2.05) is 0 Å². The van der Waals surface area contributed by atoms with Gasteiger partial charge in [0.05, 0.1) is 6.04 Å². The van der Waals surface area contributed by atoms with Crippen molar-refractivity contribution in [3.8, 4) is 0 Å². The van der Waals surface area contributed by atoms with Gasteiger partial charge >= 0.3 is 0 Å². The van der Waals surface area contributed by atoms with Crippen LogP contribution in [0.5, 0.6) is 0 Å². The molecule has 0 saturated carbocycles. The fraction of sp³-hybridized carbons (Fsp3) is 0.818. The molecule has 90 valence electrons. The zero-order valence-electron chi connectivity index (χ0n) is 9.42. The maximum atomic E-state index is 11.5. The first kappa shape index (κ1) is 11.5. The van der Waals surface area contributed by atoms with Crippen molar-refractivity contribution in [1.29, 1.82) is 0 Å². The Kier molecular flexibility index (Phi) is 3.90. The fourth-order valence-electron chi connectivity index (χ4n) is 2.28. The molecule has 0 bridgehead atoms. The number of imide groups is 1. The summed E-state index contributed by atoms with van der Waals surface area (Å²) in [5.74, 6) is 0.349. The van der Waals surface area contributed by atoms with Gasteiger partial charge in [0.1, 0.15) is 0 Å². The number of hydrogen-bond donors (Lipinski definition) is 3. The number of amides is 2. The van der Waals surface area contributed by atoms with E-state index in [9.17, 15) is 9.59 Å². The Balaban J connectivity index is 1.72. The van der Waals surface area contributed by atoms with Crippen molar-refractivity contribution in [2.24, 2.45) is 5.92 Å². The molecular weight excluding hydrogens is 206 g/mol. The molecule has 3 N–H and O–H groups in total. The van der Waals surface area contributed by atoms with Gasteiger partial charge in [0.2, 0.25) is 11.8 Å². The van der Waals surface area contributed by atoms with E-state index in [-0.39, 0.29) is 17.9 Å². The van der Waals surface area contributed by atoms with Gasteiger partial charge in [0, 0.05) is 6.42 Å². The minimum atomic E-state index is -0.174. The Morgan fingerprint density at radius 2 is 1.94 bits per heavy atom. The number of hydrogen-bond acceptors (Lipinski definition) is 4. The van der Waals surface area contributed by atoms with Crippen LogP contribution in [0.4, 0.5) is 0 Å². The van der Waals surface area contributed by atoms with Crippen molar-refractivity contribution in [3.05, 3.63) is 0 Å². The van der Waals surface area contributed by atoms with Crippen LogP contribution in [0, 0.1) is 5.92 Å². The fourth-order valence-corrected chi connectivity index (χ4v) is 2.28. The van der Waals surface area contributed by atoms with Crippen molar-refractivity contribution in [3.63, 3.8) is 0 Å². The monoisotopic (exact) mass is 225 g/mol. The first-order chi connectivity index (χ1) is 7.75. The summed E-state index contributed by atoms with van der Waals surface area (Å²) in [7, 11) is 0. The highest BCUT2D eigenvalue weighted by Crippen LogP contribution is 2.11. The highest BCUT2D eigenvalue weighted by atomic mass is 16.2. The van der Waals surface area contributed by atoms with E-state index >= 15 is 0 Å². The molecule has 5 heteroatoms. The Bertz CT molecular complexity index is 274. The lowest BCUT2D eigenvalue weighted by atomic mass is 9.97. The van der Waals surface area contributed by atoms with Gasteiger partial charge in [-0.3, -0.25) is 14.9 Å². The lowest BCUT2D eigenvalue weighted by Gasteiger charge is -2.27. The van der Waals surface area contributed by atoms with Gasteiger partial charge in [-0.25, -0.2) is 0 Å². The molecule has 2 aliphatic heterocycles. The summed E-state index contributed by atoms with van der Waals surface area (Å²) < 4.78 is 0. The molecule has 2 aliphatic rings. The molecule has 5 nitrogen and oxygen atoms in total. The number of nitrogens with one attached hydrogen (secondary N) is 3. The van der Waals surface area contributed by atoms with Crippen LogP contribution in [-0.2, 0) is 9.59 Å². The van der Waals surface area contributed by atoms with Gasteiger partial charge in [0.15, 0.2) is 0 Å². The van der Waals surface area contributed by atoms with Crippen LogP contribution in [0.1, 0.15) is 25.7 Å². The molecule has 1 atom stereocenters. The zero-order chi connectivity index (χ0) is 11.4. The van der Waals surface area contributed by atoms with Gasteiger partial charge in [-0.05, 0) is 44.8 Å². The summed E-state index contributed by atoms with van der Waals surface area (Å²) in [6, 6.07) is -0.174. The van der Waals surface area contributed by atoms with E-state index in [1.165, 1.54) is 12.8 Å². The molecule has 2 amide bonds. The van der Waals surface area contributed by atoms with Crippen molar-refractivity contribution in [2.75, 3.05) is 19.6 Å². The van der Waals surface area contributed by atoms with Crippen molar-refractivity contribution < 1.29 is 9.59 Å². The summed E-state index contributed by atoms with van der Waals surface area (Å²) in [6.45, 7) is 3.03. The van der Waals surface area contributed by atoms with Gasteiger partial charge in [-0.1, -0.05) is 0 Å². The highest BCUT2D eigenvalue weighted by Gasteiger charge is 2.26. The van der Waals surface area contributed by atoms with Crippen LogP contribution >= 0.6 is 0 Å². The van der Waals surface area contributed by atoms with Crippen LogP contribution in [-0.4, -0.2) is 37.5 Å². The SMILES string of the molecule is O=C1CCC(NCC2CCNCC2)C(=O)N1. The minimum Gasteiger partial charge on any atom is -0.317 e. The molecule has 2 heterocycles. The summed E-state index contributed by atoms with van der Waals surface area (Å²) in [5.41, 5.74) is 0. The molecule has 0 aliphatic carbocycles. The summed E-state index contributed by atoms with van der Waals surface area (Å²) >= 11 is 0. The summed E-state index contributed by atoms with van der Waals surface area (Å²) in [6.07, 6.45) is 3.42. The summed E-state index contributed by atoms with van der Waals surface area (Å²) in [4.78, 5) is 22.4. The maximum absolute atomic E-state index is 11.5. The van der Waals surface area contributed by atoms with Crippen LogP contribution in [0.2, 0.25) is 0 Å². The smallest absolute Gasteiger partial charge is 0.243 e. The van der Waals surface area contributed by atoms with E-state index in [1.54, 1.807) is 0 Å². The Labute approximate surface area is 95.3 Å². The van der Waals surface area contributed by atoms with Crippen molar-refractivity contribution in [1.82, 2.24) is 16.0 Å². The molecule has 1 unspecified atom stereocenters. The van der Waals surface area contributed by atoms with E-state index < -0.39 is 0 Å². The largest absolute Gasteiger partial charge is 0.317 e. The number of carbonyl (C=O) groups is 2. The molecule has 2 saturated heterocycles. The lowest BCUT2D eigenvalue weighted by molar-refractivity contribution is -0.134. The molecule has 0 aromatic heterocycles. The van der Waals surface area contributed by atoms with Crippen LogP contribution in [0.15, 0.2) is 0 Å². The van der Waals surface area contributed by atoms with E-state index in [0.717, 1.165) is 19.6 Å². The number of piperidine rings is 2. The zero-order valence-corrected chi connectivity index (χ0v) is 9.42. The standard InChI is InChI=1S/C11H19N3O2/c15-10-2-1-9(11(16)14-10)13-7-8-3-5-12-6-4-8/h8-9,12-13H,1-7H2,(H,14,15,16). The summed E-state index contributed by atoms with van der Waals surface area (Å²) in [5, 5.41) is 8.95. The van der Waals surface area contributed by atoms with E-state index in [2.05, 4.69) is 16.0 Å². The number of rotatable bonds is 3. The first-order valence-corrected chi connectivity index (χ1v) is 6.03. The third-order valence-electron chi connectivity index (χ3n) is 3.35. The predicted molar refractivity (Wildman–Crippen MR) is 59.8 cm³/mol. The predicted octanol–water partition coefficient (Wildman–Crippen LogP) is -0.619. The average molecular weight is 225 g/mol. The molecule has 0 spiro atoms. The van der Waals surface area contributed by atoms with Gasteiger partial charge < -0.3 is 10.6 Å². The molecule has 0 aromatic rings. The van der Waals surface area contributed by atoms with Crippen LogP contribution in [0.3, 0.4) is 0 Å². The quantitative estimate of drug-likeness (QED) is 0.560. The van der Waals surface area contributed by atoms with Crippen molar-refractivity contribution >= 4 is 11.8 Å². The third-order valence-corrected chi connectivity index (χ3v) is 3.35. The maximum Gasteiger partial charge on any atom is 0.243 e. The molecule has 0 radical (unpaired) electrons. The highest BCUT2D eigenvalue weighted by molar-refractivity contribution is 6.00. The molecule has 16 heavy (non-hydrogen) atoms. The Morgan fingerprint density at radius 3 is 2.62 bits per heavy atom. The van der Waals surface area contributed by atoms with Gasteiger partial charge in [-0.15, -0.1) is 0 Å². The van der Waals surface area contributed by atoms with Gasteiger partial charge in [-0.2, -0.15) is 0 Å². The normalized spacial score (nSPS) is 27.9. The Morgan fingerprint density at radius 1 is 1.19 bits per heavy atom.